The minimum atomic E-state index is -5.08. The monoisotopic (exact) mass is 629 g/mol. The molecule has 3 aromatic rings. The minimum absolute atomic E-state index is 0.0454. The number of hydrogen-bond donors (Lipinski definition) is 3. The number of carboxylic acids is 1. The highest BCUT2D eigenvalue weighted by molar-refractivity contribution is 7.92. The molecule has 2 aromatic carbocycles. The van der Waals surface area contributed by atoms with Crippen molar-refractivity contribution in [2.75, 3.05) is 25.0 Å². The molecule has 3 N–H and O–H groups in total. The quantitative estimate of drug-likeness (QED) is 0.233. The smallest absolute Gasteiger partial charge is 0.475 e. The molecule has 0 aliphatic carbocycles. The summed E-state index contributed by atoms with van der Waals surface area (Å²) >= 11 is 17.9. The van der Waals surface area contributed by atoms with E-state index in [-0.39, 0.29) is 31.5 Å². The molecule has 0 aliphatic rings. The summed E-state index contributed by atoms with van der Waals surface area (Å²) in [6.07, 6.45) is -3.72. The summed E-state index contributed by atoms with van der Waals surface area (Å²) < 4.78 is 70.6. The number of pyridine rings is 1. The maximum atomic E-state index is 12.8. The van der Waals surface area contributed by atoms with Gasteiger partial charge in [0, 0.05) is 26.4 Å². The zero-order valence-electron chi connectivity index (χ0n) is 19.9. The minimum Gasteiger partial charge on any atom is -0.475 e. The summed E-state index contributed by atoms with van der Waals surface area (Å²) in [6.45, 7) is 2.05. The van der Waals surface area contributed by atoms with Crippen LogP contribution in [-0.2, 0) is 26.1 Å². The normalized spacial score (nSPS) is 11.4. The van der Waals surface area contributed by atoms with Crippen LogP contribution in [0.15, 0.2) is 59.6 Å². The zero-order valence-corrected chi connectivity index (χ0v) is 23.0. The molecule has 1 aromatic heterocycles. The second-order valence-electron chi connectivity index (χ2n) is 7.41. The molecule has 1 heterocycles. The third-order valence-corrected chi connectivity index (χ3v) is 6.76. The van der Waals surface area contributed by atoms with E-state index < -0.39 is 22.2 Å². The number of anilines is 1. The summed E-state index contributed by atoms with van der Waals surface area (Å²) in [5, 5.41) is 11.0. The SMILES string of the molecule is COCCNCc1ccc(Oc2ncc(Cl)cc2NS(=O)(=O)c2ccc(Cl)c(Cl)c2)cc1.O=C(O)C(F)(F)F. The number of halogens is 6. The van der Waals surface area contributed by atoms with Crippen LogP contribution in [0, 0.1) is 0 Å². The van der Waals surface area contributed by atoms with Gasteiger partial charge in [-0.15, -0.1) is 0 Å². The molecule has 0 aliphatic heterocycles. The van der Waals surface area contributed by atoms with Gasteiger partial charge in [0.2, 0.25) is 5.88 Å². The molecule has 0 saturated carbocycles. The van der Waals surface area contributed by atoms with E-state index in [1.165, 1.54) is 30.5 Å². The van der Waals surface area contributed by atoms with E-state index in [9.17, 15) is 21.6 Å². The molecule has 0 saturated heterocycles. The first-order valence-electron chi connectivity index (χ1n) is 10.6. The van der Waals surface area contributed by atoms with E-state index in [4.69, 9.17) is 54.2 Å². The Balaban J connectivity index is 0.000000673. The van der Waals surface area contributed by atoms with Gasteiger partial charge in [-0.05, 0) is 42.0 Å². The van der Waals surface area contributed by atoms with Gasteiger partial charge in [-0.3, -0.25) is 4.72 Å². The van der Waals surface area contributed by atoms with E-state index >= 15 is 0 Å². The number of hydrogen-bond acceptors (Lipinski definition) is 7. The van der Waals surface area contributed by atoms with Crippen molar-refractivity contribution in [2.24, 2.45) is 0 Å². The van der Waals surface area contributed by atoms with Gasteiger partial charge in [-0.25, -0.2) is 18.2 Å². The van der Waals surface area contributed by atoms with E-state index in [0.29, 0.717) is 18.9 Å². The van der Waals surface area contributed by atoms with Gasteiger partial charge in [0.1, 0.15) is 11.4 Å². The van der Waals surface area contributed by atoms with Gasteiger partial charge in [0.25, 0.3) is 10.0 Å². The van der Waals surface area contributed by atoms with Crippen molar-refractivity contribution in [2.45, 2.75) is 17.6 Å². The van der Waals surface area contributed by atoms with Crippen molar-refractivity contribution in [3.63, 3.8) is 0 Å². The summed E-state index contributed by atoms with van der Waals surface area (Å²) in [5.41, 5.74) is 1.13. The molecule has 16 heteroatoms. The lowest BCUT2D eigenvalue weighted by Gasteiger charge is -2.13. The number of aromatic nitrogens is 1. The Morgan fingerprint density at radius 3 is 2.26 bits per heavy atom. The molecule has 0 fully saturated rings. The Hall–Kier alpha value is -2.81. The molecule has 0 atom stereocenters. The molecule has 0 unspecified atom stereocenters. The van der Waals surface area contributed by atoms with Crippen LogP contribution < -0.4 is 14.8 Å². The third-order valence-electron chi connectivity index (χ3n) is 4.46. The second kappa shape index (κ2) is 14.5. The fourth-order valence-electron chi connectivity index (χ4n) is 2.62. The molecule has 0 spiro atoms. The lowest BCUT2D eigenvalue weighted by Crippen LogP contribution is -2.21. The third kappa shape index (κ3) is 10.7. The largest absolute Gasteiger partial charge is 0.490 e. The second-order valence-corrected chi connectivity index (χ2v) is 10.3. The van der Waals surface area contributed by atoms with Crippen molar-refractivity contribution in [1.29, 1.82) is 0 Å². The highest BCUT2D eigenvalue weighted by atomic mass is 35.5. The van der Waals surface area contributed by atoms with Gasteiger partial charge in [-0.2, -0.15) is 13.2 Å². The van der Waals surface area contributed by atoms with Crippen LogP contribution >= 0.6 is 34.8 Å². The maximum absolute atomic E-state index is 12.8. The Morgan fingerprint density at radius 1 is 1.05 bits per heavy atom. The summed E-state index contributed by atoms with van der Waals surface area (Å²) in [7, 11) is -2.35. The number of sulfonamides is 1. The van der Waals surface area contributed by atoms with Crippen LogP contribution in [0.3, 0.4) is 0 Å². The van der Waals surface area contributed by atoms with Crippen molar-refractivity contribution >= 4 is 56.5 Å². The fraction of sp³-hybridized carbons (Fsp3) is 0.217. The van der Waals surface area contributed by atoms with Gasteiger partial charge in [-0.1, -0.05) is 46.9 Å². The number of nitrogens with zero attached hydrogens (tertiary/aromatic N) is 1. The Bertz CT molecular complexity index is 1380. The predicted octanol–water partition coefficient (Wildman–Crippen LogP) is 6.00. The van der Waals surface area contributed by atoms with E-state index in [0.717, 1.165) is 12.1 Å². The Morgan fingerprint density at radius 2 is 1.69 bits per heavy atom. The maximum Gasteiger partial charge on any atom is 0.490 e. The molecule has 39 heavy (non-hydrogen) atoms. The number of rotatable bonds is 10. The molecule has 212 valence electrons. The average Bonchev–Trinajstić information content (AvgIpc) is 2.85. The van der Waals surface area contributed by atoms with Crippen LogP contribution in [0.4, 0.5) is 18.9 Å². The molecule has 0 bridgehead atoms. The highest BCUT2D eigenvalue weighted by Gasteiger charge is 2.38. The number of benzene rings is 2. The topological polar surface area (TPSA) is 127 Å². The number of nitrogens with one attached hydrogen (secondary N) is 2. The van der Waals surface area contributed by atoms with Crippen molar-refractivity contribution in [3.8, 4) is 11.6 Å². The first-order chi connectivity index (χ1) is 18.2. The molecule has 3 rings (SSSR count). The highest BCUT2D eigenvalue weighted by Crippen LogP contribution is 2.32. The van der Waals surface area contributed by atoms with E-state index in [1.807, 2.05) is 12.1 Å². The van der Waals surface area contributed by atoms with Gasteiger partial charge >= 0.3 is 12.1 Å². The molecule has 9 nitrogen and oxygen atoms in total. The fourth-order valence-corrected chi connectivity index (χ4v) is 4.22. The van der Waals surface area contributed by atoms with Gasteiger partial charge in [0.05, 0.1) is 26.6 Å². The molecule has 0 amide bonds. The number of methoxy groups -OCH3 is 1. The first-order valence-corrected chi connectivity index (χ1v) is 13.2. The van der Waals surface area contributed by atoms with Crippen LogP contribution in [-0.4, -0.2) is 50.9 Å². The van der Waals surface area contributed by atoms with E-state index in [2.05, 4.69) is 15.0 Å². The zero-order chi connectivity index (χ0) is 29.2. The van der Waals surface area contributed by atoms with Crippen molar-refractivity contribution in [1.82, 2.24) is 10.3 Å². The summed E-state index contributed by atoms with van der Waals surface area (Å²) in [6, 6.07) is 12.7. The lowest BCUT2D eigenvalue weighted by molar-refractivity contribution is -0.192. The van der Waals surface area contributed by atoms with Crippen LogP contribution in [0.1, 0.15) is 5.56 Å². The van der Waals surface area contributed by atoms with Gasteiger partial charge < -0.3 is 19.9 Å². The molecular weight excluding hydrogens is 610 g/mol. The van der Waals surface area contributed by atoms with Crippen molar-refractivity contribution in [3.05, 3.63) is 75.4 Å². The number of carboxylic acid groups (broad SMARTS) is 1. The predicted molar refractivity (Wildman–Crippen MR) is 140 cm³/mol. The van der Waals surface area contributed by atoms with Gasteiger partial charge in [0.15, 0.2) is 0 Å². The number of ether oxygens (including phenoxy) is 2. The molecule has 0 radical (unpaired) electrons. The summed E-state index contributed by atoms with van der Waals surface area (Å²) in [4.78, 5) is 13.0. The average molecular weight is 631 g/mol. The first kappa shape index (κ1) is 32.4. The number of alkyl halides is 3. The van der Waals surface area contributed by atoms with Crippen LogP contribution in [0.2, 0.25) is 15.1 Å². The summed E-state index contributed by atoms with van der Waals surface area (Å²) in [5.74, 6) is -2.23. The standard InChI is InChI=1S/C21H20Cl3N3O4S.C2HF3O2/c1-30-9-8-25-12-14-2-4-16(5-3-14)31-21-20(10-15(22)13-26-21)27-32(28,29)17-6-7-18(23)19(24)11-17;3-2(4,5)1(6)7/h2-7,10-11,13,25,27H,8-9,12H2,1H3;(H,6,7). The van der Waals surface area contributed by atoms with E-state index in [1.54, 1.807) is 19.2 Å². The van der Waals surface area contributed by atoms with Crippen LogP contribution in [0.5, 0.6) is 11.6 Å². The number of carbonyl (C=O) groups is 1. The van der Waals surface area contributed by atoms with Crippen LogP contribution in [0.25, 0.3) is 0 Å². The molecular formula is C23H21Cl3F3N3O6S. The van der Waals surface area contributed by atoms with Crippen molar-refractivity contribution < 1.29 is 41.0 Å². The lowest BCUT2D eigenvalue weighted by atomic mass is 10.2. The number of aliphatic carboxylic acids is 1. The Kier molecular flexibility index (Phi) is 12.1. The Labute approximate surface area is 236 Å².